The molecule has 1 aromatic carbocycles. The number of hydrogen-bond donors (Lipinski definition) is 2. The van der Waals surface area contributed by atoms with Gasteiger partial charge in [0.25, 0.3) is 11.6 Å². The first-order valence-corrected chi connectivity index (χ1v) is 11.5. The lowest BCUT2D eigenvalue weighted by molar-refractivity contribution is -0.384. The van der Waals surface area contributed by atoms with Gasteiger partial charge in [0.2, 0.25) is 0 Å². The van der Waals surface area contributed by atoms with Crippen LogP contribution >= 0.6 is 11.8 Å². The zero-order chi connectivity index (χ0) is 23.1. The molecule has 1 amide bonds. The van der Waals surface area contributed by atoms with E-state index in [2.05, 4.69) is 46.5 Å². The summed E-state index contributed by atoms with van der Waals surface area (Å²) in [6, 6.07) is 5.50. The normalized spacial score (nSPS) is 11.1. The number of nitrogens with one attached hydrogen (secondary N) is 2. The molecular formula is C21H27N7O3S. The van der Waals surface area contributed by atoms with E-state index >= 15 is 0 Å². The topological polar surface area (TPSA) is 128 Å². The average Bonchev–Trinajstić information content (AvgIpc) is 3.19. The number of anilines is 1. The summed E-state index contributed by atoms with van der Waals surface area (Å²) in [7, 11) is 0. The van der Waals surface area contributed by atoms with Crippen LogP contribution in [-0.2, 0) is 6.54 Å². The van der Waals surface area contributed by atoms with Gasteiger partial charge < -0.3 is 10.6 Å². The standard InChI is InChI=1S/C21H27N7O3S/c1-4-11-32-21-25-18(23-12-14(2)3)17-13-24-27(19(17)26-21)10-9-22-20(29)15-5-7-16(8-6-15)28(30)31/h5-8,13-14H,4,9-12H2,1-3H3,(H,22,29)(H,23,25,26). The smallest absolute Gasteiger partial charge is 0.269 e. The summed E-state index contributed by atoms with van der Waals surface area (Å²) in [6.45, 7) is 7.94. The number of nitrogens with zero attached hydrogens (tertiary/aromatic N) is 5. The highest BCUT2D eigenvalue weighted by Crippen LogP contribution is 2.25. The maximum atomic E-state index is 12.3. The Bertz CT molecular complexity index is 1080. The van der Waals surface area contributed by atoms with Gasteiger partial charge in [0.15, 0.2) is 10.8 Å². The molecule has 0 bridgehead atoms. The van der Waals surface area contributed by atoms with Crippen LogP contribution in [0.5, 0.6) is 0 Å². The molecular weight excluding hydrogens is 430 g/mol. The van der Waals surface area contributed by atoms with Gasteiger partial charge in [-0.25, -0.2) is 14.6 Å². The molecule has 3 rings (SSSR count). The third-order valence-electron chi connectivity index (χ3n) is 4.54. The summed E-state index contributed by atoms with van der Waals surface area (Å²) >= 11 is 1.60. The van der Waals surface area contributed by atoms with Gasteiger partial charge in [-0.15, -0.1) is 0 Å². The highest BCUT2D eigenvalue weighted by atomic mass is 32.2. The van der Waals surface area contributed by atoms with Gasteiger partial charge in [-0.05, 0) is 24.5 Å². The number of rotatable bonds is 11. The van der Waals surface area contributed by atoms with Crippen LogP contribution < -0.4 is 10.6 Å². The summed E-state index contributed by atoms with van der Waals surface area (Å²) in [5.41, 5.74) is 1.03. The zero-order valence-corrected chi connectivity index (χ0v) is 19.2. The zero-order valence-electron chi connectivity index (χ0n) is 18.4. The van der Waals surface area contributed by atoms with Gasteiger partial charge in [0, 0.05) is 36.5 Å². The van der Waals surface area contributed by atoms with Crippen LogP contribution in [0.2, 0.25) is 0 Å². The van der Waals surface area contributed by atoms with Crippen molar-refractivity contribution < 1.29 is 9.72 Å². The van der Waals surface area contributed by atoms with Gasteiger partial charge in [0.05, 0.1) is 23.1 Å². The number of nitro groups is 1. The van der Waals surface area contributed by atoms with Crippen molar-refractivity contribution in [1.29, 1.82) is 0 Å². The molecule has 11 heteroatoms. The molecule has 0 aliphatic rings. The van der Waals surface area contributed by atoms with Crippen LogP contribution in [0.3, 0.4) is 0 Å². The predicted molar refractivity (Wildman–Crippen MR) is 125 cm³/mol. The number of amides is 1. The van der Waals surface area contributed by atoms with Crippen LogP contribution in [0.15, 0.2) is 35.6 Å². The van der Waals surface area contributed by atoms with Crippen molar-refractivity contribution in [3.05, 3.63) is 46.1 Å². The number of fused-ring (bicyclic) bond motifs is 1. The Morgan fingerprint density at radius 1 is 1.25 bits per heavy atom. The molecule has 0 spiro atoms. The van der Waals surface area contributed by atoms with Crippen LogP contribution in [0.4, 0.5) is 11.5 Å². The molecule has 0 atom stereocenters. The molecule has 3 aromatic rings. The molecule has 0 radical (unpaired) electrons. The molecule has 2 N–H and O–H groups in total. The number of carbonyl (C=O) groups is 1. The van der Waals surface area contributed by atoms with E-state index < -0.39 is 4.92 Å². The molecule has 32 heavy (non-hydrogen) atoms. The van der Waals surface area contributed by atoms with Crippen molar-refractivity contribution in [3.8, 4) is 0 Å². The molecule has 0 saturated carbocycles. The Morgan fingerprint density at radius 3 is 2.66 bits per heavy atom. The van der Waals surface area contributed by atoms with Crippen LogP contribution in [0.1, 0.15) is 37.6 Å². The minimum Gasteiger partial charge on any atom is -0.369 e. The predicted octanol–water partition coefficient (Wildman–Crippen LogP) is 3.73. The molecule has 0 aliphatic carbocycles. The Kier molecular flexibility index (Phi) is 7.98. The monoisotopic (exact) mass is 457 g/mol. The number of non-ortho nitro benzene ring substituents is 1. The van der Waals surface area contributed by atoms with E-state index in [0.29, 0.717) is 29.7 Å². The third-order valence-corrected chi connectivity index (χ3v) is 5.59. The first kappa shape index (κ1) is 23.5. The number of aromatic nitrogens is 4. The molecule has 2 aromatic heterocycles. The molecule has 0 saturated heterocycles. The third kappa shape index (κ3) is 5.94. The number of benzene rings is 1. The van der Waals surface area contributed by atoms with Gasteiger partial charge >= 0.3 is 0 Å². The van der Waals surface area contributed by atoms with Crippen molar-refractivity contribution in [2.24, 2.45) is 5.92 Å². The van der Waals surface area contributed by atoms with Gasteiger partial charge in [-0.1, -0.05) is 32.5 Å². The van der Waals surface area contributed by atoms with Crippen molar-refractivity contribution in [1.82, 2.24) is 25.1 Å². The van der Waals surface area contributed by atoms with E-state index in [1.54, 1.807) is 22.6 Å². The van der Waals surface area contributed by atoms with E-state index in [1.165, 1.54) is 24.3 Å². The van der Waals surface area contributed by atoms with Crippen LogP contribution in [0, 0.1) is 16.0 Å². The fourth-order valence-electron chi connectivity index (χ4n) is 2.90. The van der Waals surface area contributed by atoms with Crippen LogP contribution in [-0.4, -0.2) is 49.4 Å². The lowest BCUT2D eigenvalue weighted by Crippen LogP contribution is -2.27. The molecule has 0 unspecified atom stereocenters. The Labute approximate surface area is 190 Å². The first-order valence-electron chi connectivity index (χ1n) is 10.5. The Balaban J connectivity index is 1.71. The summed E-state index contributed by atoms with van der Waals surface area (Å²) < 4.78 is 1.75. The Hall–Kier alpha value is -3.21. The Morgan fingerprint density at radius 2 is 2.00 bits per heavy atom. The minimum absolute atomic E-state index is 0.0529. The largest absolute Gasteiger partial charge is 0.369 e. The van der Waals surface area contributed by atoms with Crippen molar-refractivity contribution in [2.45, 2.75) is 38.9 Å². The van der Waals surface area contributed by atoms with E-state index in [4.69, 9.17) is 0 Å². The summed E-state index contributed by atoms with van der Waals surface area (Å²) in [5.74, 6) is 1.86. The fraction of sp³-hybridized carbons (Fsp3) is 0.429. The summed E-state index contributed by atoms with van der Waals surface area (Å²) in [6.07, 6.45) is 2.76. The highest BCUT2D eigenvalue weighted by molar-refractivity contribution is 7.99. The average molecular weight is 458 g/mol. The molecule has 0 aliphatic heterocycles. The lowest BCUT2D eigenvalue weighted by Gasteiger charge is -2.11. The van der Waals surface area contributed by atoms with E-state index in [-0.39, 0.29) is 11.6 Å². The minimum atomic E-state index is -0.496. The van der Waals surface area contributed by atoms with Gasteiger partial charge in [-0.2, -0.15) is 5.10 Å². The number of carbonyl (C=O) groups excluding carboxylic acids is 1. The number of hydrogen-bond acceptors (Lipinski definition) is 8. The molecule has 0 fully saturated rings. The highest BCUT2D eigenvalue weighted by Gasteiger charge is 2.14. The van der Waals surface area contributed by atoms with E-state index in [9.17, 15) is 14.9 Å². The van der Waals surface area contributed by atoms with Crippen molar-refractivity contribution in [3.63, 3.8) is 0 Å². The molecule has 170 valence electrons. The van der Waals surface area contributed by atoms with E-state index in [0.717, 1.165) is 35.6 Å². The maximum absolute atomic E-state index is 12.3. The maximum Gasteiger partial charge on any atom is 0.269 e. The first-order chi connectivity index (χ1) is 15.4. The van der Waals surface area contributed by atoms with Crippen LogP contribution in [0.25, 0.3) is 11.0 Å². The summed E-state index contributed by atoms with van der Waals surface area (Å²) in [5, 5.41) is 22.9. The SMILES string of the molecule is CCCSc1nc(NCC(C)C)c2cnn(CCNC(=O)c3ccc([N+](=O)[O-])cc3)c2n1. The fourth-order valence-corrected chi connectivity index (χ4v) is 3.60. The lowest BCUT2D eigenvalue weighted by atomic mass is 10.2. The van der Waals surface area contributed by atoms with Gasteiger partial charge in [-0.3, -0.25) is 14.9 Å². The second-order valence-electron chi connectivity index (χ2n) is 7.64. The van der Waals surface area contributed by atoms with Crippen molar-refractivity contribution in [2.75, 3.05) is 24.2 Å². The molecule has 10 nitrogen and oxygen atoms in total. The molecule has 2 heterocycles. The summed E-state index contributed by atoms with van der Waals surface area (Å²) in [4.78, 5) is 31.9. The quantitative estimate of drug-likeness (QED) is 0.193. The number of nitro benzene ring substituents is 1. The number of thioether (sulfide) groups is 1. The van der Waals surface area contributed by atoms with E-state index in [1.807, 2.05) is 0 Å². The second kappa shape index (κ2) is 10.9. The second-order valence-corrected chi connectivity index (χ2v) is 8.70. The van der Waals surface area contributed by atoms with Crippen molar-refractivity contribution >= 4 is 40.2 Å². The van der Waals surface area contributed by atoms with Gasteiger partial charge in [0.1, 0.15) is 5.82 Å².